The molecule has 0 atom stereocenters. The van der Waals surface area contributed by atoms with Gasteiger partial charge in [0.1, 0.15) is 7.85 Å². The Morgan fingerprint density at radius 2 is 1.67 bits per heavy atom. The average molecular weight is 190 g/mol. The van der Waals surface area contributed by atoms with Crippen LogP contribution in [0.4, 0.5) is 11.4 Å². The highest BCUT2D eigenvalue weighted by atomic mass is 15.1. The van der Waals surface area contributed by atoms with Gasteiger partial charge in [0.05, 0.1) is 11.4 Å². The summed E-state index contributed by atoms with van der Waals surface area (Å²) < 4.78 is 0. The maximum atomic E-state index is 5.64. The average Bonchev–Trinajstić information content (AvgIpc) is 2.63. The monoisotopic (exact) mass is 190 g/mol. The molecule has 1 aliphatic rings. The topological polar surface area (TPSA) is 24.7 Å². The van der Waals surface area contributed by atoms with Gasteiger partial charge in [-0.05, 0) is 23.8 Å². The predicted octanol–water partition coefficient (Wildman–Crippen LogP) is 2.88. The molecule has 1 aliphatic heterocycles. The summed E-state index contributed by atoms with van der Waals surface area (Å²) >= 11 is 0. The standard InChI is InChI=1S/C12H7BN2/c13-9-3-1-8(2-4-9)11-6-5-10-7-12(11)15-14-10/h1-7H. The largest absolute Gasteiger partial charge is 0.150 e. The van der Waals surface area contributed by atoms with Crippen LogP contribution < -0.4 is 5.46 Å². The van der Waals surface area contributed by atoms with Crippen LogP contribution in [-0.4, -0.2) is 7.85 Å². The van der Waals surface area contributed by atoms with Crippen LogP contribution in [0.2, 0.25) is 0 Å². The van der Waals surface area contributed by atoms with Crippen LogP contribution in [0.3, 0.4) is 0 Å². The van der Waals surface area contributed by atoms with E-state index in [4.69, 9.17) is 7.85 Å². The van der Waals surface area contributed by atoms with E-state index in [0.29, 0.717) is 0 Å². The molecule has 0 amide bonds. The van der Waals surface area contributed by atoms with E-state index in [1.54, 1.807) is 0 Å². The summed E-state index contributed by atoms with van der Waals surface area (Å²) in [7, 11) is 5.64. The van der Waals surface area contributed by atoms with E-state index >= 15 is 0 Å². The molecule has 1 heterocycles. The quantitative estimate of drug-likeness (QED) is 0.527. The highest BCUT2D eigenvalue weighted by molar-refractivity contribution is 6.32. The maximum Gasteiger partial charge on any atom is 0.113 e. The molecule has 2 aromatic carbocycles. The molecule has 2 aromatic rings. The van der Waals surface area contributed by atoms with Gasteiger partial charge in [0.15, 0.2) is 0 Å². The Balaban J connectivity index is 2.15. The van der Waals surface area contributed by atoms with E-state index in [1.165, 1.54) is 0 Å². The number of nitrogens with zero attached hydrogens (tertiary/aromatic N) is 2. The van der Waals surface area contributed by atoms with Crippen molar-refractivity contribution < 1.29 is 0 Å². The molecule has 68 valence electrons. The molecule has 2 radical (unpaired) electrons. The van der Waals surface area contributed by atoms with Gasteiger partial charge in [-0.15, -0.1) is 5.11 Å². The maximum absolute atomic E-state index is 5.64. The lowest BCUT2D eigenvalue weighted by Crippen LogP contribution is -1.99. The molecule has 0 saturated heterocycles. The molecule has 0 saturated carbocycles. The molecule has 15 heavy (non-hydrogen) atoms. The molecule has 3 rings (SSSR count). The summed E-state index contributed by atoms with van der Waals surface area (Å²) in [4.78, 5) is 0. The Labute approximate surface area is 89.1 Å². The molecular formula is C12H7BN2. The van der Waals surface area contributed by atoms with Gasteiger partial charge in [-0.2, -0.15) is 5.11 Å². The molecule has 3 heteroatoms. The fraction of sp³-hybridized carbons (Fsp3) is 0. The molecule has 2 nitrogen and oxygen atoms in total. The molecule has 0 unspecified atom stereocenters. The first-order valence-electron chi connectivity index (χ1n) is 4.75. The molecule has 0 N–H and O–H groups in total. The molecular weight excluding hydrogens is 183 g/mol. The van der Waals surface area contributed by atoms with E-state index in [1.807, 2.05) is 42.5 Å². The van der Waals surface area contributed by atoms with Crippen molar-refractivity contribution in [3.05, 3.63) is 42.5 Å². The minimum absolute atomic E-state index is 0.772. The third-order valence-corrected chi connectivity index (χ3v) is 2.48. The zero-order valence-electron chi connectivity index (χ0n) is 8.01. The van der Waals surface area contributed by atoms with Crippen molar-refractivity contribution >= 4 is 24.7 Å². The fourth-order valence-corrected chi connectivity index (χ4v) is 1.68. The van der Waals surface area contributed by atoms with Gasteiger partial charge in [0.2, 0.25) is 0 Å². The van der Waals surface area contributed by atoms with Crippen molar-refractivity contribution in [2.75, 3.05) is 0 Å². The molecule has 2 bridgehead atoms. The van der Waals surface area contributed by atoms with Crippen molar-refractivity contribution in [3.8, 4) is 11.1 Å². The number of azo groups is 1. The Hall–Kier alpha value is -1.90. The van der Waals surface area contributed by atoms with Crippen LogP contribution in [0.5, 0.6) is 0 Å². The van der Waals surface area contributed by atoms with E-state index in [2.05, 4.69) is 10.2 Å². The van der Waals surface area contributed by atoms with Crippen molar-refractivity contribution in [3.63, 3.8) is 0 Å². The summed E-state index contributed by atoms with van der Waals surface area (Å²) in [6.45, 7) is 0. The number of benzene rings is 2. The normalized spacial score (nSPS) is 12.0. The van der Waals surface area contributed by atoms with Crippen molar-refractivity contribution in [2.45, 2.75) is 0 Å². The lowest BCUT2D eigenvalue weighted by molar-refractivity contribution is 1.31. The lowest BCUT2D eigenvalue weighted by atomic mass is 9.93. The van der Waals surface area contributed by atoms with Gasteiger partial charge in [0.25, 0.3) is 0 Å². The number of rotatable bonds is 1. The zero-order chi connectivity index (χ0) is 10.3. The second-order valence-electron chi connectivity index (χ2n) is 3.52. The summed E-state index contributed by atoms with van der Waals surface area (Å²) in [5.41, 5.74) is 4.83. The first kappa shape index (κ1) is 8.42. The third-order valence-electron chi connectivity index (χ3n) is 2.48. The van der Waals surface area contributed by atoms with Gasteiger partial charge >= 0.3 is 0 Å². The van der Waals surface area contributed by atoms with Crippen LogP contribution in [-0.2, 0) is 0 Å². The predicted molar refractivity (Wildman–Crippen MR) is 61.4 cm³/mol. The van der Waals surface area contributed by atoms with Crippen molar-refractivity contribution in [2.24, 2.45) is 10.2 Å². The van der Waals surface area contributed by atoms with E-state index in [-0.39, 0.29) is 0 Å². The Bertz CT molecular complexity index is 544. The Kier molecular flexibility index (Phi) is 1.71. The van der Waals surface area contributed by atoms with E-state index < -0.39 is 0 Å². The minimum Gasteiger partial charge on any atom is -0.150 e. The van der Waals surface area contributed by atoms with Gasteiger partial charge in [-0.1, -0.05) is 29.7 Å². The van der Waals surface area contributed by atoms with Crippen LogP contribution in [0, 0.1) is 0 Å². The third kappa shape index (κ3) is 1.36. The SMILES string of the molecule is [B]c1ccc(-c2ccc3cc2N=N3)cc1. The van der Waals surface area contributed by atoms with Crippen LogP contribution in [0.1, 0.15) is 0 Å². The highest BCUT2D eigenvalue weighted by Crippen LogP contribution is 2.38. The Morgan fingerprint density at radius 1 is 0.867 bits per heavy atom. The summed E-state index contributed by atoms with van der Waals surface area (Å²) in [6.07, 6.45) is 0. The second kappa shape index (κ2) is 3.06. The van der Waals surface area contributed by atoms with Gasteiger partial charge in [-0.25, -0.2) is 0 Å². The van der Waals surface area contributed by atoms with E-state index in [0.717, 1.165) is 28.0 Å². The molecule has 0 aliphatic carbocycles. The number of hydrogen-bond donors (Lipinski definition) is 0. The van der Waals surface area contributed by atoms with Crippen molar-refractivity contribution in [1.82, 2.24) is 0 Å². The zero-order valence-corrected chi connectivity index (χ0v) is 8.01. The summed E-state index contributed by atoms with van der Waals surface area (Å²) in [5.74, 6) is 0. The van der Waals surface area contributed by atoms with Crippen LogP contribution in [0.25, 0.3) is 11.1 Å². The fourth-order valence-electron chi connectivity index (χ4n) is 1.68. The summed E-state index contributed by atoms with van der Waals surface area (Å²) in [6, 6.07) is 13.8. The first-order valence-corrected chi connectivity index (χ1v) is 4.75. The highest BCUT2D eigenvalue weighted by Gasteiger charge is 2.09. The molecule has 0 spiro atoms. The number of hydrogen-bond acceptors (Lipinski definition) is 2. The summed E-state index contributed by atoms with van der Waals surface area (Å²) in [5, 5.41) is 8.10. The molecule has 0 aromatic heterocycles. The van der Waals surface area contributed by atoms with Gasteiger partial charge < -0.3 is 0 Å². The Morgan fingerprint density at radius 3 is 2.47 bits per heavy atom. The van der Waals surface area contributed by atoms with Gasteiger partial charge in [0, 0.05) is 5.56 Å². The smallest absolute Gasteiger partial charge is 0.113 e. The number of fused-ring (bicyclic) bond motifs is 2. The second-order valence-corrected chi connectivity index (χ2v) is 3.52. The van der Waals surface area contributed by atoms with Crippen molar-refractivity contribution in [1.29, 1.82) is 0 Å². The first-order chi connectivity index (χ1) is 7.33. The van der Waals surface area contributed by atoms with Crippen LogP contribution >= 0.6 is 0 Å². The van der Waals surface area contributed by atoms with E-state index in [9.17, 15) is 0 Å². The van der Waals surface area contributed by atoms with Gasteiger partial charge in [-0.3, -0.25) is 0 Å². The minimum atomic E-state index is 0.772. The molecule has 0 fully saturated rings. The van der Waals surface area contributed by atoms with Crippen LogP contribution in [0.15, 0.2) is 52.7 Å². The lowest BCUT2D eigenvalue weighted by Gasteiger charge is -2.03.